The molecule has 0 heterocycles. The molecule has 34 heavy (non-hydrogen) atoms. The molecule has 0 unspecified atom stereocenters. The highest BCUT2D eigenvalue weighted by atomic mass is 32.2. The topological polar surface area (TPSA) is 106 Å². The van der Waals surface area contributed by atoms with E-state index in [1.807, 2.05) is 30.3 Å². The summed E-state index contributed by atoms with van der Waals surface area (Å²) in [5.41, 5.74) is 2.11. The Balaban J connectivity index is 1.32. The van der Waals surface area contributed by atoms with Crippen LogP contribution in [0.4, 0.5) is 11.4 Å². The summed E-state index contributed by atoms with van der Waals surface area (Å²) in [4.78, 5) is 12.6. The highest BCUT2D eigenvalue weighted by Crippen LogP contribution is 2.29. The number of ether oxygens (including phenoxy) is 2. The normalized spacial score (nSPS) is 13.2. The van der Waals surface area contributed by atoms with E-state index in [0.717, 1.165) is 18.4 Å². The van der Waals surface area contributed by atoms with E-state index >= 15 is 0 Å². The number of hydrogen-bond acceptors (Lipinski definition) is 6. The number of carbonyl (C=O) groups is 1. The molecular weight excluding hydrogens is 454 g/mol. The molecule has 1 aliphatic rings. The number of anilines is 2. The molecule has 0 atom stereocenters. The average molecular weight is 482 g/mol. The summed E-state index contributed by atoms with van der Waals surface area (Å²) in [6, 6.07) is 21.5. The third-order valence-electron chi connectivity index (χ3n) is 5.21. The maximum absolute atomic E-state index is 12.5. The fourth-order valence-electron chi connectivity index (χ4n) is 3.24. The van der Waals surface area contributed by atoms with Crippen molar-refractivity contribution in [2.75, 3.05) is 24.3 Å². The summed E-state index contributed by atoms with van der Waals surface area (Å²) in [7, 11) is -2.13. The Bertz CT molecular complexity index is 1230. The quantitative estimate of drug-likeness (QED) is 0.385. The van der Waals surface area contributed by atoms with Gasteiger partial charge in [-0.3, -0.25) is 4.79 Å². The molecule has 9 heteroatoms. The number of carbonyl (C=O) groups excluding carboxylic acids is 1. The first-order chi connectivity index (χ1) is 16.4. The lowest BCUT2D eigenvalue weighted by Gasteiger charge is -2.14. The number of hydrogen-bond donors (Lipinski definition) is 3. The summed E-state index contributed by atoms with van der Waals surface area (Å²) >= 11 is 0. The third kappa shape index (κ3) is 6.49. The first-order valence-corrected chi connectivity index (χ1v) is 12.4. The second-order valence-electron chi connectivity index (χ2n) is 7.96. The molecule has 1 amide bonds. The van der Waals surface area contributed by atoms with Gasteiger partial charge in [0.25, 0.3) is 0 Å². The van der Waals surface area contributed by atoms with Crippen LogP contribution in [-0.4, -0.2) is 34.0 Å². The van der Waals surface area contributed by atoms with Crippen molar-refractivity contribution in [3.63, 3.8) is 0 Å². The Morgan fingerprint density at radius 1 is 1.00 bits per heavy atom. The molecule has 0 aliphatic heterocycles. The zero-order valence-corrected chi connectivity index (χ0v) is 19.6. The van der Waals surface area contributed by atoms with Gasteiger partial charge in [-0.2, -0.15) is 0 Å². The van der Waals surface area contributed by atoms with E-state index < -0.39 is 10.0 Å². The van der Waals surface area contributed by atoms with Crippen molar-refractivity contribution in [1.82, 2.24) is 4.72 Å². The summed E-state index contributed by atoms with van der Waals surface area (Å²) in [5.74, 6) is 0.852. The van der Waals surface area contributed by atoms with Crippen LogP contribution in [0.2, 0.25) is 0 Å². The zero-order chi connectivity index (χ0) is 24.0. The minimum Gasteiger partial charge on any atom is -0.495 e. The predicted octanol–water partition coefficient (Wildman–Crippen LogP) is 3.77. The second kappa shape index (κ2) is 10.6. The number of amides is 1. The van der Waals surface area contributed by atoms with Gasteiger partial charge in [-0.1, -0.05) is 30.3 Å². The summed E-state index contributed by atoms with van der Waals surface area (Å²) in [6.07, 6.45) is 1.70. The van der Waals surface area contributed by atoms with Crippen molar-refractivity contribution in [2.24, 2.45) is 0 Å². The maximum Gasteiger partial charge on any atom is 0.243 e. The number of nitrogens with one attached hydrogen (secondary N) is 3. The van der Waals surface area contributed by atoms with Crippen LogP contribution in [0.5, 0.6) is 11.5 Å². The van der Waals surface area contributed by atoms with Crippen molar-refractivity contribution >= 4 is 27.3 Å². The fourth-order valence-corrected chi connectivity index (χ4v) is 4.57. The smallest absolute Gasteiger partial charge is 0.243 e. The Morgan fingerprint density at radius 2 is 1.74 bits per heavy atom. The Morgan fingerprint density at radius 3 is 2.41 bits per heavy atom. The molecule has 0 saturated heterocycles. The van der Waals surface area contributed by atoms with Crippen LogP contribution in [0.25, 0.3) is 0 Å². The van der Waals surface area contributed by atoms with E-state index in [4.69, 9.17) is 9.47 Å². The monoisotopic (exact) mass is 481 g/mol. The van der Waals surface area contributed by atoms with Gasteiger partial charge < -0.3 is 20.1 Å². The Kier molecular flexibility index (Phi) is 7.34. The van der Waals surface area contributed by atoms with E-state index in [2.05, 4.69) is 15.4 Å². The van der Waals surface area contributed by atoms with Crippen LogP contribution in [0.15, 0.2) is 77.7 Å². The molecule has 178 valence electrons. The van der Waals surface area contributed by atoms with E-state index in [1.165, 1.54) is 19.2 Å². The first kappa shape index (κ1) is 23.6. The minimum absolute atomic E-state index is 0.00409. The lowest BCUT2D eigenvalue weighted by molar-refractivity contribution is -0.114. The molecule has 3 aromatic rings. The molecule has 8 nitrogen and oxygen atoms in total. The lowest BCUT2D eigenvalue weighted by Crippen LogP contribution is -2.26. The van der Waals surface area contributed by atoms with Crippen LogP contribution in [0, 0.1) is 0 Å². The largest absolute Gasteiger partial charge is 0.495 e. The molecule has 0 radical (unpaired) electrons. The van der Waals surface area contributed by atoms with Crippen molar-refractivity contribution in [3.8, 4) is 11.5 Å². The molecule has 1 saturated carbocycles. The minimum atomic E-state index is -3.62. The van der Waals surface area contributed by atoms with Crippen molar-refractivity contribution in [3.05, 3.63) is 78.4 Å². The van der Waals surface area contributed by atoms with Crippen LogP contribution in [0.3, 0.4) is 0 Å². The van der Waals surface area contributed by atoms with Gasteiger partial charge >= 0.3 is 0 Å². The van der Waals surface area contributed by atoms with Crippen molar-refractivity contribution in [1.29, 1.82) is 0 Å². The molecule has 4 rings (SSSR count). The van der Waals surface area contributed by atoms with Gasteiger partial charge in [0, 0.05) is 11.7 Å². The van der Waals surface area contributed by atoms with Crippen LogP contribution >= 0.6 is 0 Å². The van der Waals surface area contributed by atoms with Crippen LogP contribution < -0.4 is 24.8 Å². The zero-order valence-electron chi connectivity index (χ0n) is 18.8. The van der Waals surface area contributed by atoms with Gasteiger partial charge in [0.1, 0.15) is 18.1 Å². The van der Waals surface area contributed by atoms with Gasteiger partial charge in [-0.05, 0) is 60.9 Å². The summed E-state index contributed by atoms with van der Waals surface area (Å²) in [6.45, 7) is 0.394. The standard InChI is InChI=1S/C25H27N3O5S/c1-32-24-14-13-22(34(30,31)28-20-7-8-20)15-23(24)26-16-25(29)27-19-9-11-21(12-10-19)33-17-18-5-3-2-4-6-18/h2-6,9-15,20,26,28H,7-8,16-17H2,1H3,(H,27,29). The second-order valence-corrected chi connectivity index (χ2v) is 9.67. The first-order valence-electron chi connectivity index (χ1n) is 10.9. The summed E-state index contributed by atoms with van der Waals surface area (Å²) < 4.78 is 38.7. The summed E-state index contributed by atoms with van der Waals surface area (Å²) in [5, 5.41) is 5.76. The number of sulfonamides is 1. The molecule has 1 aliphatic carbocycles. The van der Waals surface area contributed by atoms with E-state index in [1.54, 1.807) is 30.3 Å². The average Bonchev–Trinajstić information content (AvgIpc) is 3.66. The number of rotatable bonds is 11. The predicted molar refractivity (Wildman–Crippen MR) is 131 cm³/mol. The highest BCUT2D eigenvalue weighted by molar-refractivity contribution is 7.89. The molecule has 0 bridgehead atoms. The SMILES string of the molecule is COc1ccc(S(=O)(=O)NC2CC2)cc1NCC(=O)Nc1ccc(OCc2ccccc2)cc1. The molecule has 0 aromatic heterocycles. The van der Waals surface area contributed by atoms with Gasteiger partial charge in [0.05, 0.1) is 24.2 Å². The molecule has 3 aromatic carbocycles. The van der Waals surface area contributed by atoms with E-state index in [0.29, 0.717) is 29.5 Å². The fraction of sp³-hybridized carbons (Fsp3) is 0.240. The van der Waals surface area contributed by atoms with Gasteiger partial charge in [0.2, 0.25) is 15.9 Å². The molecule has 3 N–H and O–H groups in total. The molecular formula is C25H27N3O5S. The third-order valence-corrected chi connectivity index (χ3v) is 6.72. The van der Waals surface area contributed by atoms with Crippen LogP contribution in [-0.2, 0) is 21.4 Å². The number of methoxy groups -OCH3 is 1. The Hall–Kier alpha value is -3.56. The van der Waals surface area contributed by atoms with Crippen molar-refractivity contribution < 1.29 is 22.7 Å². The number of benzene rings is 3. The van der Waals surface area contributed by atoms with E-state index in [-0.39, 0.29) is 23.4 Å². The van der Waals surface area contributed by atoms with E-state index in [9.17, 15) is 13.2 Å². The highest BCUT2D eigenvalue weighted by Gasteiger charge is 2.28. The lowest BCUT2D eigenvalue weighted by atomic mass is 10.2. The molecule has 0 spiro atoms. The van der Waals surface area contributed by atoms with Crippen molar-refractivity contribution in [2.45, 2.75) is 30.4 Å². The maximum atomic E-state index is 12.5. The molecule has 1 fully saturated rings. The van der Waals surface area contributed by atoms with Gasteiger partial charge in [0.15, 0.2) is 0 Å². The van der Waals surface area contributed by atoms with Gasteiger partial charge in [-0.15, -0.1) is 0 Å². The van der Waals surface area contributed by atoms with Crippen LogP contribution in [0.1, 0.15) is 18.4 Å². The van der Waals surface area contributed by atoms with Gasteiger partial charge in [-0.25, -0.2) is 13.1 Å². The Labute approximate surface area is 199 Å².